The van der Waals surface area contributed by atoms with E-state index >= 15 is 0 Å². The van der Waals surface area contributed by atoms with E-state index in [2.05, 4.69) is 15.5 Å². The number of aromatic hydroxyl groups is 1. The fraction of sp³-hybridized carbons (Fsp3) is 0.125. The van der Waals surface area contributed by atoms with Crippen LogP contribution in [0.3, 0.4) is 0 Å². The summed E-state index contributed by atoms with van der Waals surface area (Å²) in [5.74, 6) is 0.258. The molecule has 0 unspecified atom stereocenters. The highest BCUT2D eigenvalue weighted by molar-refractivity contribution is 7.22. The number of fused-ring (bicyclic) bond motifs is 1. The number of aromatic nitrogens is 1. The molecule has 1 aromatic heterocycles. The van der Waals surface area contributed by atoms with Gasteiger partial charge in [-0.25, -0.2) is 4.98 Å². The maximum absolute atomic E-state index is 9.34. The van der Waals surface area contributed by atoms with E-state index in [0.29, 0.717) is 0 Å². The lowest BCUT2D eigenvalue weighted by atomic mass is 10.1. The summed E-state index contributed by atoms with van der Waals surface area (Å²) in [4.78, 5) is 4.49. The maximum Gasteiger partial charge on any atom is 0.204 e. The van der Waals surface area contributed by atoms with Gasteiger partial charge in [0.2, 0.25) is 5.13 Å². The number of anilines is 1. The quantitative estimate of drug-likeness (QED) is 0.559. The van der Waals surface area contributed by atoms with Crippen LogP contribution in [0.4, 0.5) is 5.13 Å². The molecule has 0 fully saturated rings. The Morgan fingerprint density at radius 1 is 1.19 bits per heavy atom. The van der Waals surface area contributed by atoms with Gasteiger partial charge in [-0.1, -0.05) is 30.4 Å². The number of thiazole rings is 1. The second-order valence-corrected chi connectivity index (χ2v) is 5.59. The molecule has 5 heteroatoms. The van der Waals surface area contributed by atoms with Crippen LogP contribution < -0.4 is 5.43 Å². The third kappa shape index (κ3) is 3.03. The summed E-state index contributed by atoms with van der Waals surface area (Å²) < 4.78 is 1.14. The number of rotatable bonds is 4. The summed E-state index contributed by atoms with van der Waals surface area (Å²) in [5.41, 5.74) is 5.92. The second-order valence-electron chi connectivity index (χ2n) is 4.56. The average molecular weight is 297 g/mol. The predicted molar refractivity (Wildman–Crippen MR) is 88.2 cm³/mol. The van der Waals surface area contributed by atoms with Crippen LogP contribution in [0.25, 0.3) is 10.2 Å². The predicted octanol–water partition coefficient (Wildman–Crippen LogP) is 4.23. The molecule has 0 aliphatic rings. The Labute approximate surface area is 126 Å². The number of hydrazone groups is 1. The van der Waals surface area contributed by atoms with E-state index in [0.717, 1.165) is 33.0 Å². The number of hydrogen-bond acceptors (Lipinski definition) is 5. The van der Waals surface area contributed by atoms with Crippen LogP contribution in [0.5, 0.6) is 5.75 Å². The van der Waals surface area contributed by atoms with E-state index in [1.54, 1.807) is 23.5 Å². The summed E-state index contributed by atoms with van der Waals surface area (Å²) in [5, 5.41) is 14.6. The number of benzene rings is 2. The van der Waals surface area contributed by atoms with Gasteiger partial charge in [0.25, 0.3) is 0 Å². The van der Waals surface area contributed by atoms with Gasteiger partial charge in [-0.15, -0.1) is 0 Å². The Balaban J connectivity index is 1.83. The highest BCUT2D eigenvalue weighted by Crippen LogP contribution is 2.25. The minimum Gasteiger partial charge on any atom is -0.508 e. The lowest BCUT2D eigenvalue weighted by Crippen LogP contribution is -2.02. The molecule has 3 rings (SSSR count). The molecule has 0 saturated carbocycles. The first-order valence-corrected chi connectivity index (χ1v) is 7.55. The van der Waals surface area contributed by atoms with E-state index in [9.17, 15) is 5.11 Å². The van der Waals surface area contributed by atoms with E-state index in [1.807, 2.05) is 43.3 Å². The molecule has 1 heterocycles. The fourth-order valence-corrected chi connectivity index (χ4v) is 2.85. The Morgan fingerprint density at radius 2 is 1.95 bits per heavy atom. The van der Waals surface area contributed by atoms with Crippen molar-refractivity contribution in [2.45, 2.75) is 13.3 Å². The average Bonchev–Trinajstić information content (AvgIpc) is 2.92. The Morgan fingerprint density at radius 3 is 2.67 bits per heavy atom. The monoisotopic (exact) mass is 297 g/mol. The molecule has 2 N–H and O–H groups in total. The highest BCUT2D eigenvalue weighted by atomic mass is 32.1. The number of phenols is 1. The smallest absolute Gasteiger partial charge is 0.204 e. The van der Waals surface area contributed by atoms with Crippen LogP contribution >= 0.6 is 11.3 Å². The molecular formula is C16H15N3OS. The summed E-state index contributed by atoms with van der Waals surface area (Å²) in [6.07, 6.45) is 0.794. The Kier molecular flexibility index (Phi) is 3.83. The van der Waals surface area contributed by atoms with Gasteiger partial charge in [0, 0.05) is 0 Å². The van der Waals surface area contributed by atoms with Crippen LogP contribution in [-0.4, -0.2) is 15.8 Å². The molecule has 106 valence electrons. The van der Waals surface area contributed by atoms with Crippen LogP contribution in [0.2, 0.25) is 0 Å². The molecule has 2 aromatic carbocycles. The molecule has 0 radical (unpaired) electrons. The largest absolute Gasteiger partial charge is 0.508 e. The van der Waals surface area contributed by atoms with Crippen molar-refractivity contribution < 1.29 is 5.11 Å². The van der Waals surface area contributed by atoms with Crippen molar-refractivity contribution in [1.82, 2.24) is 4.98 Å². The van der Waals surface area contributed by atoms with Gasteiger partial charge in [0.15, 0.2) is 0 Å². The summed E-state index contributed by atoms with van der Waals surface area (Å²) in [7, 11) is 0. The number of nitrogens with one attached hydrogen (secondary N) is 1. The molecule has 0 amide bonds. The van der Waals surface area contributed by atoms with Crippen molar-refractivity contribution in [3.8, 4) is 5.75 Å². The molecule has 0 atom stereocenters. The van der Waals surface area contributed by atoms with Crippen molar-refractivity contribution in [1.29, 1.82) is 0 Å². The zero-order chi connectivity index (χ0) is 14.7. The molecule has 0 saturated heterocycles. The number of para-hydroxylation sites is 1. The molecule has 0 aliphatic carbocycles. The SMILES string of the molecule is CC/C(=N\Nc1nc2ccccc2s1)c1ccc(O)cc1. The van der Waals surface area contributed by atoms with Gasteiger partial charge in [-0.3, -0.25) is 5.43 Å². The number of hydrogen-bond donors (Lipinski definition) is 2. The van der Waals surface area contributed by atoms with Gasteiger partial charge in [-0.2, -0.15) is 5.10 Å². The van der Waals surface area contributed by atoms with Gasteiger partial charge >= 0.3 is 0 Å². The van der Waals surface area contributed by atoms with Crippen LogP contribution in [0, 0.1) is 0 Å². The van der Waals surface area contributed by atoms with Crippen molar-refractivity contribution >= 4 is 32.4 Å². The summed E-state index contributed by atoms with van der Waals surface area (Å²) >= 11 is 1.58. The molecular weight excluding hydrogens is 282 g/mol. The van der Waals surface area contributed by atoms with E-state index < -0.39 is 0 Å². The molecule has 21 heavy (non-hydrogen) atoms. The molecule has 3 aromatic rings. The molecule has 0 aliphatic heterocycles. The number of phenolic OH excluding ortho intramolecular Hbond substituents is 1. The lowest BCUT2D eigenvalue weighted by Gasteiger charge is -2.04. The summed E-state index contributed by atoms with van der Waals surface area (Å²) in [6, 6.07) is 15.1. The van der Waals surface area contributed by atoms with Gasteiger partial charge < -0.3 is 5.11 Å². The normalized spacial score (nSPS) is 11.8. The zero-order valence-electron chi connectivity index (χ0n) is 11.6. The van der Waals surface area contributed by atoms with Crippen molar-refractivity contribution in [3.05, 3.63) is 54.1 Å². The molecule has 0 spiro atoms. The van der Waals surface area contributed by atoms with Crippen LogP contribution in [0.1, 0.15) is 18.9 Å². The third-order valence-electron chi connectivity index (χ3n) is 3.12. The van der Waals surface area contributed by atoms with Crippen LogP contribution in [0.15, 0.2) is 53.6 Å². The topological polar surface area (TPSA) is 57.5 Å². The molecule has 4 nitrogen and oxygen atoms in total. The van der Waals surface area contributed by atoms with Crippen molar-refractivity contribution in [2.75, 3.05) is 5.43 Å². The first-order chi connectivity index (χ1) is 10.3. The fourth-order valence-electron chi connectivity index (χ4n) is 2.04. The maximum atomic E-state index is 9.34. The molecule has 0 bridgehead atoms. The first kappa shape index (κ1) is 13.6. The standard InChI is InChI=1S/C16H15N3OS/c1-2-13(11-7-9-12(20)10-8-11)18-19-16-17-14-5-3-4-6-15(14)21-16/h3-10,20H,2H2,1H3,(H,17,19)/b18-13+. The summed E-state index contributed by atoms with van der Waals surface area (Å²) in [6.45, 7) is 2.05. The third-order valence-corrected chi connectivity index (χ3v) is 4.06. The minimum absolute atomic E-state index is 0.258. The van der Waals surface area contributed by atoms with Crippen molar-refractivity contribution in [3.63, 3.8) is 0 Å². The van der Waals surface area contributed by atoms with Gasteiger partial charge in [0.05, 0.1) is 15.9 Å². The first-order valence-electron chi connectivity index (χ1n) is 6.74. The number of nitrogens with zero attached hydrogens (tertiary/aromatic N) is 2. The van der Waals surface area contributed by atoms with Gasteiger partial charge in [-0.05, 0) is 48.4 Å². The second kappa shape index (κ2) is 5.93. The zero-order valence-corrected chi connectivity index (χ0v) is 12.4. The van der Waals surface area contributed by atoms with E-state index in [-0.39, 0.29) is 5.75 Å². The van der Waals surface area contributed by atoms with E-state index in [4.69, 9.17) is 0 Å². The Bertz CT molecular complexity index is 745. The van der Waals surface area contributed by atoms with E-state index in [1.165, 1.54) is 0 Å². The Hall–Kier alpha value is -2.40. The lowest BCUT2D eigenvalue weighted by molar-refractivity contribution is 0.475. The highest BCUT2D eigenvalue weighted by Gasteiger charge is 2.04. The van der Waals surface area contributed by atoms with Gasteiger partial charge in [0.1, 0.15) is 5.75 Å². The van der Waals surface area contributed by atoms with Crippen molar-refractivity contribution in [2.24, 2.45) is 5.10 Å². The minimum atomic E-state index is 0.258. The van der Waals surface area contributed by atoms with Crippen LogP contribution in [-0.2, 0) is 0 Å².